The number of alkyl halides is 3. The van der Waals surface area contributed by atoms with Crippen LogP contribution in [0.5, 0.6) is 0 Å². The quantitative estimate of drug-likeness (QED) is 0.824. The molecule has 21 heavy (non-hydrogen) atoms. The van der Waals surface area contributed by atoms with Crippen molar-refractivity contribution in [3.8, 4) is 0 Å². The van der Waals surface area contributed by atoms with E-state index in [9.17, 15) is 26.4 Å². The first-order valence-corrected chi connectivity index (χ1v) is 7.66. The van der Waals surface area contributed by atoms with Gasteiger partial charge in [0.1, 0.15) is 0 Å². The van der Waals surface area contributed by atoms with Gasteiger partial charge in [-0.15, -0.1) is 0 Å². The average molecular weight is 324 g/mol. The monoisotopic (exact) mass is 324 g/mol. The molecular formula is C12H15F3N2O3S. The minimum Gasteiger partial charge on any atom is -0.369 e. The fourth-order valence-electron chi connectivity index (χ4n) is 1.74. The largest absolute Gasteiger partial charge is 0.416 e. The van der Waals surface area contributed by atoms with Crippen LogP contribution in [0.3, 0.4) is 0 Å². The van der Waals surface area contributed by atoms with E-state index in [-0.39, 0.29) is 11.3 Å². The number of sulfonamides is 1. The molecule has 3 N–H and O–H groups in total. The van der Waals surface area contributed by atoms with Gasteiger partial charge in [0.25, 0.3) is 0 Å². The summed E-state index contributed by atoms with van der Waals surface area (Å²) < 4.78 is 63.5. The van der Waals surface area contributed by atoms with Crippen LogP contribution in [0.25, 0.3) is 0 Å². The van der Waals surface area contributed by atoms with Crippen LogP contribution in [0.15, 0.2) is 24.3 Å². The Balaban J connectivity index is 3.16. The van der Waals surface area contributed by atoms with Crippen LogP contribution in [-0.2, 0) is 21.0 Å². The predicted octanol–water partition coefficient (Wildman–Crippen LogP) is 1.21. The molecule has 5 nitrogen and oxygen atoms in total. The van der Waals surface area contributed by atoms with Gasteiger partial charge in [-0.1, -0.05) is 18.2 Å². The molecule has 0 saturated heterocycles. The third kappa shape index (κ3) is 4.71. The highest BCUT2D eigenvalue weighted by atomic mass is 32.2. The fourth-order valence-corrected chi connectivity index (χ4v) is 2.36. The standard InChI is InChI=1S/C12H15F3N2O3S/c1-2-21(19,20)17-7-9(11(16)18)8-5-3-4-6-10(8)12(13,14)15/h3-6,9,17H,2,7H2,1H3,(H2,16,18). The minimum atomic E-state index is -4.66. The number of primary amides is 1. The highest BCUT2D eigenvalue weighted by Gasteiger charge is 2.36. The van der Waals surface area contributed by atoms with Gasteiger partial charge in [-0.3, -0.25) is 4.79 Å². The zero-order chi connectivity index (χ0) is 16.3. The van der Waals surface area contributed by atoms with Gasteiger partial charge in [-0.05, 0) is 18.6 Å². The summed E-state index contributed by atoms with van der Waals surface area (Å²) in [4.78, 5) is 11.4. The number of nitrogens with two attached hydrogens (primary N) is 1. The topological polar surface area (TPSA) is 89.3 Å². The van der Waals surface area contributed by atoms with E-state index >= 15 is 0 Å². The summed E-state index contributed by atoms with van der Waals surface area (Å²) in [5.74, 6) is -2.69. The first-order chi connectivity index (χ1) is 9.58. The molecule has 9 heteroatoms. The molecule has 1 unspecified atom stereocenters. The van der Waals surface area contributed by atoms with Gasteiger partial charge >= 0.3 is 6.18 Å². The summed E-state index contributed by atoms with van der Waals surface area (Å²) in [6, 6.07) is 4.44. The molecule has 1 amide bonds. The summed E-state index contributed by atoms with van der Waals surface area (Å²) in [6.45, 7) is 0.851. The van der Waals surface area contributed by atoms with E-state index in [1.807, 2.05) is 0 Å². The Hall–Kier alpha value is -1.61. The smallest absolute Gasteiger partial charge is 0.369 e. The minimum absolute atomic E-state index is 0.251. The molecule has 0 saturated carbocycles. The Morgan fingerprint density at radius 2 is 1.90 bits per heavy atom. The summed E-state index contributed by atoms with van der Waals surface area (Å²) in [5, 5.41) is 0. The first kappa shape index (κ1) is 17.4. The van der Waals surface area contributed by atoms with E-state index in [0.29, 0.717) is 0 Å². The van der Waals surface area contributed by atoms with Crippen LogP contribution in [-0.4, -0.2) is 26.6 Å². The number of hydrogen-bond donors (Lipinski definition) is 2. The summed E-state index contributed by atoms with van der Waals surface area (Å²) in [5.41, 5.74) is 3.75. The Bertz CT molecular complexity index is 614. The van der Waals surface area contributed by atoms with E-state index < -0.39 is 40.1 Å². The van der Waals surface area contributed by atoms with Crippen LogP contribution < -0.4 is 10.5 Å². The van der Waals surface area contributed by atoms with Crippen molar-refractivity contribution < 1.29 is 26.4 Å². The Labute approximate surface area is 120 Å². The molecule has 0 bridgehead atoms. The Morgan fingerprint density at radius 1 is 1.33 bits per heavy atom. The summed E-state index contributed by atoms with van der Waals surface area (Å²) in [6.07, 6.45) is -4.66. The van der Waals surface area contributed by atoms with Crippen molar-refractivity contribution in [3.05, 3.63) is 35.4 Å². The van der Waals surface area contributed by atoms with Gasteiger partial charge in [-0.2, -0.15) is 13.2 Å². The molecule has 1 aromatic carbocycles. The molecule has 1 aromatic rings. The van der Waals surface area contributed by atoms with Crippen LogP contribution >= 0.6 is 0 Å². The van der Waals surface area contributed by atoms with E-state index in [0.717, 1.165) is 12.1 Å². The second-order valence-corrected chi connectivity index (χ2v) is 6.39. The second-order valence-electron chi connectivity index (χ2n) is 4.29. The molecule has 0 aliphatic rings. The number of carbonyl (C=O) groups excluding carboxylic acids is 1. The number of carbonyl (C=O) groups is 1. The zero-order valence-electron chi connectivity index (χ0n) is 11.1. The Morgan fingerprint density at radius 3 is 2.38 bits per heavy atom. The van der Waals surface area contributed by atoms with Crippen molar-refractivity contribution in [1.29, 1.82) is 0 Å². The highest BCUT2D eigenvalue weighted by Crippen LogP contribution is 2.35. The second kappa shape index (κ2) is 6.44. The van der Waals surface area contributed by atoms with E-state index in [4.69, 9.17) is 5.73 Å². The van der Waals surface area contributed by atoms with E-state index in [1.165, 1.54) is 19.1 Å². The number of amides is 1. The molecule has 0 aliphatic heterocycles. The summed E-state index contributed by atoms with van der Waals surface area (Å²) >= 11 is 0. The zero-order valence-corrected chi connectivity index (χ0v) is 12.0. The van der Waals surface area contributed by atoms with E-state index in [1.54, 1.807) is 0 Å². The van der Waals surface area contributed by atoms with Crippen molar-refractivity contribution in [2.45, 2.75) is 19.0 Å². The molecule has 0 radical (unpaired) electrons. The maximum absolute atomic E-state index is 12.9. The number of benzene rings is 1. The normalized spacial score (nSPS) is 13.9. The lowest BCUT2D eigenvalue weighted by Gasteiger charge is -2.19. The van der Waals surface area contributed by atoms with Crippen LogP contribution in [0.2, 0.25) is 0 Å². The number of halogens is 3. The molecule has 118 valence electrons. The average Bonchev–Trinajstić information content (AvgIpc) is 2.38. The van der Waals surface area contributed by atoms with Gasteiger partial charge in [0.15, 0.2) is 0 Å². The molecule has 1 atom stereocenters. The highest BCUT2D eigenvalue weighted by molar-refractivity contribution is 7.89. The van der Waals surface area contributed by atoms with Gasteiger partial charge in [-0.25, -0.2) is 13.1 Å². The van der Waals surface area contributed by atoms with Gasteiger partial charge in [0, 0.05) is 6.54 Å². The van der Waals surface area contributed by atoms with Crippen molar-refractivity contribution in [3.63, 3.8) is 0 Å². The lowest BCUT2D eigenvalue weighted by molar-refractivity contribution is -0.138. The predicted molar refractivity (Wildman–Crippen MR) is 70.8 cm³/mol. The van der Waals surface area contributed by atoms with Crippen LogP contribution in [0.1, 0.15) is 24.0 Å². The van der Waals surface area contributed by atoms with Gasteiger partial charge in [0.2, 0.25) is 15.9 Å². The van der Waals surface area contributed by atoms with Gasteiger partial charge in [0.05, 0.1) is 17.2 Å². The van der Waals surface area contributed by atoms with Crippen molar-refractivity contribution in [2.75, 3.05) is 12.3 Å². The van der Waals surface area contributed by atoms with Crippen LogP contribution in [0, 0.1) is 0 Å². The Kier molecular flexibility index (Phi) is 5.35. The molecule has 1 rings (SSSR count). The molecular weight excluding hydrogens is 309 g/mol. The maximum Gasteiger partial charge on any atom is 0.416 e. The number of nitrogens with one attached hydrogen (secondary N) is 1. The molecule has 0 aliphatic carbocycles. The lowest BCUT2D eigenvalue weighted by Crippen LogP contribution is -2.36. The molecule has 0 spiro atoms. The molecule has 0 fully saturated rings. The number of hydrogen-bond acceptors (Lipinski definition) is 3. The lowest BCUT2D eigenvalue weighted by atomic mass is 9.93. The summed E-state index contributed by atoms with van der Waals surface area (Å²) in [7, 11) is -3.64. The molecule has 0 heterocycles. The SMILES string of the molecule is CCS(=O)(=O)NCC(C(N)=O)c1ccccc1C(F)(F)F. The van der Waals surface area contributed by atoms with Gasteiger partial charge < -0.3 is 5.73 Å². The van der Waals surface area contributed by atoms with E-state index in [2.05, 4.69) is 4.72 Å². The maximum atomic E-state index is 12.9. The van der Waals surface area contributed by atoms with Crippen LogP contribution in [0.4, 0.5) is 13.2 Å². The first-order valence-electron chi connectivity index (χ1n) is 6.01. The van der Waals surface area contributed by atoms with Crippen molar-refractivity contribution in [2.24, 2.45) is 5.73 Å². The third-order valence-corrected chi connectivity index (χ3v) is 4.24. The van der Waals surface area contributed by atoms with Crippen molar-refractivity contribution >= 4 is 15.9 Å². The molecule has 0 aromatic heterocycles. The van der Waals surface area contributed by atoms with Crippen molar-refractivity contribution in [1.82, 2.24) is 4.72 Å². The fraction of sp³-hybridized carbons (Fsp3) is 0.417. The number of rotatable bonds is 6. The third-order valence-electron chi connectivity index (χ3n) is 2.87.